The molecule has 1 rings (SSSR count). The van der Waals surface area contributed by atoms with Gasteiger partial charge in [-0.05, 0) is 26.0 Å². The van der Waals surface area contributed by atoms with Crippen molar-refractivity contribution in [2.24, 2.45) is 0 Å². The predicted molar refractivity (Wildman–Crippen MR) is 125 cm³/mol. The lowest BCUT2D eigenvalue weighted by Crippen LogP contribution is -2.50. The van der Waals surface area contributed by atoms with E-state index in [0.29, 0.717) is 5.56 Å². The quantitative estimate of drug-likeness (QED) is 0.235. The molecule has 0 spiro atoms. The maximum absolute atomic E-state index is 13.0. The Morgan fingerprint density at radius 3 is 1.97 bits per heavy atom. The number of aliphatic hydroxyl groups is 2. The van der Waals surface area contributed by atoms with Gasteiger partial charge in [-0.3, -0.25) is 24.0 Å². The summed E-state index contributed by atoms with van der Waals surface area (Å²) in [5.74, 6) is -3.26. The Kier molecular flexibility index (Phi) is 13.0. The summed E-state index contributed by atoms with van der Waals surface area (Å²) in [7, 11) is 0. The number of carbonyl (C=O) groups is 5. The monoisotopic (exact) mass is 494 g/mol. The molecule has 0 radical (unpaired) electrons. The highest BCUT2D eigenvalue weighted by Crippen LogP contribution is 2.10. The van der Waals surface area contributed by atoms with Gasteiger partial charge in [0.05, 0.1) is 19.8 Å². The van der Waals surface area contributed by atoms with E-state index in [0.717, 1.165) is 4.90 Å². The number of nitrogens with zero attached hydrogens (tertiary/aromatic N) is 3. The molecule has 0 heterocycles. The van der Waals surface area contributed by atoms with Gasteiger partial charge in [0.1, 0.15) is 13.1 Å². The molecule has 0 aliphatic rings. The standard InChI is InChI=1S/C23H34N4O8/c1-17(2)27(23(35)18-6-4-3-5-7-18)16-21(32)26(11-13-29)15-20(31)25(10-12-28)9-8-19(30)24-14-22(33)34/h3-7,17,28-29H,8-16H2,1-2H3,(H,24,30)(H,33,34). The fourth-order valence-electron chi connectivity index (χ4n) is 3.14. The van der Waals surface area contributed by atoms with Crippen molar-refractivity contribution in [1.29, 1.82) is 0 Å². The second-order valence-corrected chi connectivity index (χ2v) is 7.96. The number of hydrogen-bond donors (Lipinski definition) is 4. The highest BCUT2D eigenvalue weighted by molar-refractivity contribution is 5.97. The van der Waals surface area contributed by atoms with E-state index in [2.05, 4.69) is 5.32 Å². The Morgan fingerprint density at radius 1 is 0.857 bits per heavy atom. The van der Waals surface area contributed by atoms with Crippen molar-refractivity contribution in [3.63, 3.8) is 0 Å². The fourth-order valence-corrected chi connectivity index (χ4v) is 3.14. The van der Waals surface area contributed by atoms with Crippen LogP contribution in [0.5, 0.6) is 0 Å². The van der Waals surface area contributed by atoms with Crippen molar-refractivity contribution >= 4 is 29.6 Å². The molecule has 1 aromatic carbocycles. The number of carboxylic acid groups (broad SMARTS) is 1. The molecule has 12 nitrogen and oxygen atoms in total. The third-order valence-corrected chi connectivity index (χ3v) is 5.03. The Labute approximate surface area is 204 Å². The van der Waals surface area contributed by atoms with Crippen LogP contribution < -0.4 is 5.32 Å². The van der Waals surface area contributed by atoms with Crippen molar-refractivity contribution in [3.8, 4) is 0 Å². The molecule has 0 atom stereocenters. The second-order valence-electron chi connectivity index (χ2n) is 7.96. The van der Waals surface area contributed by atoms with Gasteiger partial charge >= 0.3 is 5.97 Å². The van der Waals surface area contributed by atoms with Crippen LogP contribution in [0, 0.1) is 0 Å². The minimum Gasteiger partial charge on any atom is -0.480 e. The van der Waals surface area contributed by atoms with E-state index in [-0.39, 0.29) is 51.2 Å². The first-order valence-electron chi connectivity index (χ1n) is 11.2. The van der Waals surface area contributed by atoms with Crippen LogP contribution in [0.2, 0.25) is 0 Å². The Bertz CT molecular complexity index is 862. The summed E-state index contributed by atoms with van der Waals surface area (Å²) in [6, 6.07) is 8.15. The zero-order valence-corrected chi connectivity index (χ0v) is 20.1. The zero-order valence-electron chi connectivity index (χ0n) is 20.1. The topological polar surface area (TPSA) is 168 Å². The first-order chi connectivity index (χ1) is 16.6. The van der Waals surface area contributed by atoms with Gasteiger partial charge in [-0.1, -0.05) is 18.2 Å². The molecule has 1 aromatic rings. The summed E-state index contributed by atoms with van der Waals surface area (Å²) >= 11 is 0. The minimum atomic E-state index is -1.21. The van der Waals surface area contributed by atoms with Gasteiger partial charge in [0.2, 0.25) is 17.7 Å². The molecule has 0 fully saturated rings. The summed E-state index contributed by atoms with van der Waals surface area (Å²) in [5, 5.41) is 29.5. The molecule has 4 N–H and O–H groups in total. The predicted octanol–water partition coefficient (Wildman–Crippen LogP) is -1.23. The lowest BCUT2D eigenvalue weighted by Gasteiger charge is -2.31. The van der Waals surface area contributed by atoms with Crippen LogP contribution in [-0.4, -0.2) is 118 Å². The van der Waals surface area contributed by atoms with Gasteiger partial charge in [0, 0.05) is 37.7 Å². The lowest BCUT2D eigenvalue weighted by molar-refractivity contribution is -0.142. The van der Waals surface area contributed by atoms with Crippen molar-refractivity contribution < 1.29 is 39.3 Å². The van der Waals surface area contributed by atoms with E-state index in [1.165, 1.54) is 9.80 Å². The van der Waals surface area contributed by atoms with Crippen molar-refractivity contribution in [2.45, 2.75) is 26.3 Å². The van der Waals surface area contributed by atoms with Gasteiger partial charge < -0.3 is 35.3 Å². The first-order valence-corrected chi connectivity index (χ1v) is 11.2. The highest BCUT2D eigenvalue weighted by atomic mass is 16.4. The number of benzene rings is 1. The van der Waals surface area contributed by atoms with E-state index >= 15 is 0 Å². The molecular weight excluding hydrogens is 460 g/mol. The summed E-state index contributed by atoms with van der Waals surface area (Å²) in [5.41, 5.74) is 0.411. The molecule has 194 valence electrons. The molecule has 0 unspecified atom stereocenters. The molecule has 0 saturated heterocycles. The minimum absolute atomic E-state index is 0.100. The van der Waals surface area contributed by atoms with Crippen molar-refractivity contribution in [2.75, 3.05) is 52.5 Å². The number of carboxylic acids is 1. The average molecular weight is 495 g/mol. The van der Waals surface area contributed by atoms with E-state index < -0.39 is 43.4 Å². The van der Waals surface area contributed by atoms with Crippen LogP contribution in [0.15, 0.2) is 30.3 Å². The molecule has 4 amide bonds. The van der Waals surface area contributed by atoms with Crippen molar-refractivity contribution in [1.82, 2.24) is 20.0 Å². The lowest BCUT2D eigenvalue weighted by atomic mass is 10.1. The molecule has 0 aliphatic heterocycles. The Morgan fingerprint density at radius 2 is 1.43 bits per heavy atom. The number of rotatable bonds is 15. The Hall–Kier alpha value is -3.51. The molecular formula is C23H34N4O8. The van der Waals surface area contributed by atoms with Crippen LogP contribution in [0.3, 0.4) is 0 Å². The first kappa shape index (κ1) is 29.5. The largest absolute Gasteiger partial charge is 0.480 e. The number of aliphatic hydroxyl groups excluding tert-OH is 2. The second kappa shape index (κ2) is 15.4. The van der Waals surface area contributed by atoms with E-state index in [1.807, 2.05) is 0 Å². The Balaban J connectivity index is 2.86. The van der Waals surface area contributed by atoms with E-state index in [1.54, 1.807) is 44.2 Å². The maximum Gasteiger partial charge on any atom is 0.322 e. The van der Waals surface area contributed by atoms with Gasteiger partial charge in [-0.15, -0.1) is 0 Å². The average Bonchev–Trinajstić information content (AvgIpc) is 2.83. The van der Waals surface area contributed by atoms with E-state index in [9.17, 15) is 34.2 Å². The summed E-state index contributed by atoms with van der Waals surface area (Å²) in [4.78, 5) is 64.7. The number of nitrogens with one attached hydrogen (secondary N) is 1. The third-order valence-electron chi connectivity index (χ3n) is 5.03. The summed E-state index contributed by atoms with van der Waals surface area (Å²) in [6.07, 6.45) is -0.195. The summed E-state index contributed by atoms with van der Waals surface area (Å²) < 4.78 is 0. The van der Waals surface area contributed by atoms with Crippen LogP contribution in [0.25, 0.3) is 0 Å². The third kappa shape index (κ3) is 10.5. The molecule has 0 saturated carbocycles. The fraction of sp³-hybridized carbons (Fsp3) is 0.522. The summed E-state index contributed by atoms with van der Waals surface area (Å²) in [6.45, 7) is 1.07. The van der Waals surface area contributed by atoms with Gasteiger partial charge in [-0.25, -0.2) is 0 Å². The van der Waals surface area contributed by atoms with Gasteiger partial charge in [-0.2, -0.15) is 0 Å². The van der Waals surface area contributed by atoms with Gasteiger partial charge in [0.25, 0.3) is 5.91 Å². The van der Waals surface area contributed by atoms with Crippen LogP contribution in [0.1, 0.15) is 30.6 Å². The van der Waals surface area contributed by atoms with Crippen LogP contribution in [-0.2, 0) is 19.2 Å². The molecule has 12 heteroatoms. The van der Waals surface area contributed by atoms with Crippen LogP contribution in [0.4, 0.5) is 0 Å². The van der Waals surface area contributed by atoms with Crippen molar-refractivity contribution in [3.05, 3.63) is 35.9 Å². The normalized spacial score (nSPS) is 10.5. The maximum atomic E-state index is 13.0. The van der Waals surface area contributed by atoms with Crippen LogP contribution >= 0.6 is 0 Å². The number of amides is 4. The molecule has 0 bridgehead atoms. The molecule has 0 aliphatic carbocycles. The number of aliphatic carboxylic acids is 1. The number of carbonyl (C=O) groups excluding carboxylic acids is 4. The SMILES string of the molecule is CC(C)N(CC(=O)N(CCO)CC(=O)N(CCO)CCC(=O)NCC(=O)O)C(=O)c1ccccc1. The van der Waals surface area contributed by atoms with Gasteiger partial charge in [0.15, 0.2) is 0 Å². The molecule has 35 heavy (non-hydrogen) atoms. The molecule has 0 aromatic heterocycles. The smallest absolute Gasteiger partial charge is 0.322 e. The zero-order chi connectivity index (χ0) is 26.4. The highest BCUT2D eigenvalue weighted by Gasteiger charge is 2.26. The number of hydrogen-bond acceptors (Lipinski definition) is 7. The van der Waals surface area contributed by atoms with E-state index in [4.69, 9.17) is 5.11 Å².